The second kappa shape index (κ2) is 7.64. The summed E-state index contributed by atoms with van der Waals surface area (Å²) in [4.78, 5) is 23.2. The molecule has 0 aliphatic rings. The molecule has 1 heterocycles. The van der Waals surface area contributed by atoms with Gasteiger partial charge in [-0.05, 0) is 27.9 Å². The van der Waals surface area contributed by atoms with E-state index in [0.717, 1.165) is 5.69 Å². The predicted octanol–water partition coefficient (Wildman–Crippen LogP) is 0.636. The highest BCUT2D eigenvalue weighted by molar-refractivity contribution is 5.72. The van der Waals surface area contributed by atoms with Crippen molar-refractivity contribution < 1.29 is 14.6 Å². The van der Waals surface area contributed by atoms with Crippen LogP contribution in [0, 0.1) is 6.92 Å². The van der Waals surface area contributed by atoms with Gasteiger partial charge in [0.1, 0.15) is 6.54 Å². The number of aromatic nitrogens is 2. The highest BCUT2D eigenvalue weighted by atomic mass is 16.5. The number of carbonyl (C=O) groups is 1. The van der Waals surface area contributed by atoms with Crippen LogP contribution >= 0.6 is 0 Å². The maximum absolute atomic E-state index is 11.0. The fourth-order valence-electron chi connectivity index (χ4n) is 1.62. The second-order valence-corrected chi connectivity index (χ2v) is 4.70. The van der Waals surface area contributed by atoms with E-state index in [1.165, 1.54) is 0 Å². The number of nitrogens with zero attached hydrogens (tertiary/aromatic N) is 4. The molecule has 7 nitrogen and oxygen atoms in total. The summed E-state index contributed by atoms with van der Waals surface area (Å²) < 4.78 is 5.37. The number of likely N-dealkylation sites (N-methyl/N-ethyl adjacent to an activating group) is 1. The lowest BCUT2D eigenvalue weighted by Gasteiger charge is -2.23. The van der Waals surface area contributed by atoms with Crippen LogP contribution < -0.4 is 9.64 Å². The molecule has 0 bridgehead atoms. The number of hydrogen-bond donors (Lipinski definition) is 1. The normalized spacial score (nSPS) is 10.7. The van der Waals surface area contributed by atoms with E-state index < -0.39 is 5.97 Å². The van der Waals surface area contributed by atoms with Crippen LogP contribution in [0.2, 0.25) is 0 Å². The van der Waals surface area contributed by atoms with Crippen LogP contribution in [0.5, 0.6) is 5.88 Å². The van der Waals surface area contributed by atoms with Crippen LogP contribution in [0.15, 0.2) is 6.07 Å². The Morgan fingerprint density at radius 2 is 2.05 bits per heavy atom. The van der Waals surface area contributed by atoms with E-state index in [1.54, 1.807) is 11.0 Å². The first-order valence-corrected chi connectivity index (χ1v) is 6.52. The Morgan fingerprint density at radius 1 is 1.35 bits per heavy atom. The molecule has 0 aliphatic heterocycles. The summed E-state index contributed by atoms with van der Waals surface area (Å²) >= 11 is 0. The number of aliphatic carboxylic acids is 1. The van der Waals surface area contributed by atoms with Gasteiger partial charge < -0.3 is 19.6 Å². The van der Waals surface area contributed by atoms with Gasteiger partial charge in [0.2, 0.25) is 11.8 Å². The van der Waals surface area contributed by atoms with Gasteiger partial charge in [-0.3, -0.25) is 4.79 Å². The number of hydrogen-bond acceptors (Lipinski definition) is 6. The molecule has 0 amide bonds. The summed E-state index contributed by atoms with van der Waals surface area (Å²) in [7, 11) is 3.86. The molecule has 20 heavy (non-hydrogen) atoms. The van der Waals surface area contributed by atoms with Gasteiger partial charge in [-0.1, -0.05) is 0 Å². The van der Waals surface area contributed by atoms with Crippen molar-refractivity contribution in [1.29, 1.82) is 0 Å². The minimum atomic E-state index is -0.910. The standard InChI is InChI=1S/C13H22N4O3/c1-5-20-11-8-10(2)14-13(15-11)17(9-12(18)19)7-6-16(3)4/h8H,5-7,9H2,1-4H3,(H,18,19). The van der Waals surface area contributed by atoms with Crippen LogP contribution in [-0.4, -0.2) is 66.3 Å². The van der Waals surface area contributed by atoms with E-state index in [-0.39, 0.29) is 6.54 Å². The highest BCUT2D eigenvalue weighted by Gasteiger charge is 2.15. The molecule has 1 rings (SSSR count). The third-order valence-corrected chi connectivity index (χ3v) is 2.54. The van der Waals surface area contributed by atoms with Gasteiger partial charge in [0.25, 0.3) is 0 Å². The molecule has 112 valence electrons. The number of carboxylic acid groups (broad SMARTS) is 1. The number of rotatable bonds is 8. The molecule has 7 heteroatoms. The largest absolute Gasteiger partial charge is 0.480 e. The Labute approximate surface area is 119 Å². The quantitative estimate of drug-likeness (QED) is 0.749. The van der Waals surface area contributed by atoms with Gasteiger partial charge >= 0.3 is 5.97 Å². The van der Waals surface area contributed by atoms with Gasteiger partial charge in [-0.25, -0.2) is 4.98 Å². The van der Waals surface area contributed by atoms with Gasteiger partial charge in [-0.15, -0.1) is 0 Å². The zero-order chi connectivity index (χ0) is 15.1. The number of anilines is 1. The Bertz CT molecular complexity index is 451. The minimum absolute atomic E-state index is 0.136. The summed E-state index contributed by atoms with van der Waals surface area (Å²) in [5.41, 5.74) is 0.749. The van der Waals surface area contributed by atoms with Crippen molar-refractivity contribution in [2.24, 2.45) is 0 Å². The zero-order valence-electron chi connectivity index (χ0n) is 12.5. The van der Waals surface area contributed by atoms with E-state index in [1.807, 2.05) is 32.8 Å². The summed E-state index contributed by atoms with van der Waals surface area (Å²) in [6.45, 7) is 5.33. The lowest BCUT2D eigenvalue weighted by molar-refractivity contribution is -0.135. The van der Waals surface area contributed by atoms with Crippen LogP contribution in [0.1, 0.15) is 12.6 Å². The van der Waals surface area contributed by atoms with Crippen LogP contribution in [0.4, 0.5) is 5.95 Å². The smallest absolute Gasteiger partial charge is 0.323 e. The molecule has 0 atom stereocenters. The first-order valence-electron chi connectivity index (χ1n) is 6.52. The topological polar surface area (TPSA) is 78.8 Å². The summed E-state index contributed by atoms with van der Waals surface area (Å²) in [6, 6.07) is 1.73. The van der Waals surface area contributed by atoms with Gasteiger partial charge in [0.15, 0.2) is 0 Å². The minimum Gasteiger partial charge on any atom is -0.480 e. The molecule has 0 radical (unpaired) electrons. The Balaban J connectivity index is 2.95. The molecule has 0 unspecified atom stereocenters. The molecule has 0 spiro atoms. The van der Waals surface area contributed by atoms with Crippen molar-refractivity contribution >= 4 is 11.9 Å². The Morgan fingerprint density at radius 3 is 2.60 bits per heavy atom. The van der Waals surface area contributed by atoms with Gasteiger partial charge in [0.05, 0.1) is 6.61 Å². The zero-order valence-corrected chi connectivity index (χ0v) is 12.5. The van der Waals surface area contributed by atoms with Gasteiger partial charge in [0, 0.05) is 24.8 Å². The maximum Gasteiger partial charge on any atom is 0.323 e. The maximum atomic E-state index is 11.0. The number of aryl methyl sites for hydroxylation is 1. The van der Waals surface area contributed by atoms with Crippen LogP contribution in [0.3, 0.4) is 0 Å². The van der Waals surface area contributed by atoms with E-state index in [9.17, 15) is 4.79 Å². The van der Waals surface area contributed by atoms with E-state index in [0.29, 0.717) is 31.5 Å². The van der Waals surface area contributed by atoms with Crippen molar-refractivity contribution in [1.82, 2.24) is 14.9 Å². The lowest BCUT2D eigenvalue weighted by atomic mass is 10.4. The molecule has 0 saturated carbocycles. The van der Waals surface area contributed by atoms with Gasteiger partial charge in [-0.2, -0.15) is 4.98 Å². The number of ether oxygens (including phenoxy) is 1. The molecule has 0 saturated heterocycles. The SMILES string of the molecule is CCOc1cc(C)nc(N(CCN(C)C)CC(=O)O)n1. The van der Waals surface area contributed by atoms with Crippen molar-refractivity contribution in [3.05, 3.63) is 11.8 Å². The molecule has 0 aromatic carbocycles. The number of carboxylic acids is 1. The highest BCUT2D eigenvalue weighted by Crippen LogP contribution is 2.15. The van der Waals surface area contributed by atoms with E-state index in [2.05, 4.69) is 9.97 Å². The Kier molecular flexibility index (Phi) is 6.17. The summed E-state index contributed by atoms with van der Waals surface area (Å²) in [5, 5.41) is 9.01. The monoisotopic (exact) mass is 282 g/mol. The van der Waals surface area contributed by atoms with E-state index in [4.69, 9.17) is 9.84 Å². The lowest BCUT2D eigenvalue weighted by Crippen LogP contribution is -2.36. The molecule has 0 fully saturated rings. The molecular formula is C13H22N4O3. The third kappa shape index (κ3) is 5.40. The average molecular weight is 282 g/mol. The molecule has 1 aromatic heterocycles. The van der Waals surface area contributed by atoms with Crippen molar-refractivity contribution in [2.75, 3.05) is 45.2 Å². The fourth-order valence-corrected chi connectivity index (χ4v) is 1.62. The fraction of sp³-hybridized carbons (Fsp3) is 0.615. The van der Waals surface area contributed by atoms with Crippen molar-refractivity contribution in [3.8, 4) is 5.88 Å². The van der Waals surface area contributed by atoms with Crippen molar-refractivity contribution in [3.63, 3.8) is 0 Å². The van der Waals surface area contributed by atoms with Crippen LogP contribution in [0.25, 0.3) is 0 Å². The second-order valence-electron chi connectivity index (χ2n) is 4.70. The van der Waals surface area contributed by atoms with Crippen LogP contribution in [-0.2, 0) is 4.79 Å². The molecule has 1 N–H and O–H groups in total. The van der Waals surface area contributed by atoms with E-state index >= 15 is 0 Å². The average Bonchev–Trinajstić information content (AvgIpc) is 2.33. The molecule has 1 aromatic rings. The summed E-state index contributed by atoms with van der Waals surface area (Å²) in [6.07, 6.45) is 0. The third-order valence-electron chi connectivity index (χ3n) is 2.54. The summed E-state index contributed by atoms with van der Waals surface area (Å²) in [5.74, 6) is -0.0558. The predicted molar refractivity (Wildman–Crippen MR) is 76.3 cm³/mol. The van der Waals surface area contributed by atoms with Crippen molar-refractivity contribution in [2.45, 2.75) is 13.8 Å². The molecular weight excluding hydrogens is 260 g/mol. The first kappa shape index (κ1) is 16.2. The molecule has 0 aliphatic carbocycles. The Hall–Kier alpha value is -1.89. The first-order chi connectivity index (χ1) is 9.42.